The van der Waals surface area contributed by atoms with Gasteiger partial charge in [0.25, 0.3) is 0 Å². The van der Waals surface area contributed by atoms with Gasteiger partial charge in [0, 0.05) is 31.8 Å². The van der Waals surface area contributed by atoms with Crippen LogP contribution in [0.2, 0.25) is 0 Å². The Bertz CT molecular complexity index is 543. The first-order chi connectivity index (χ1) is 15.9. The fourth-order valence-corrected chi connectivity index (χ4v) is 5.10. The second-order valence-electron chi connectivity index (χ2n) is 10.3. The zero-order valence-corrected chi connectivity index (χ0v) is 21.5. The number of hydrogen-bond acceptors (Lipinski definition) is 6. The molecule has 0 unspecified atom stereocenters. The molecule has 2 aliphatic rings. The molecule has 6 heteroatoms. The SMILES string of the molecule is CCCCCCCC1(CCCCCC/C=C/[C@@H]2COC(C)(C)O[C@]2(CO)CCO)OCCO1. The molecule has 2 aliphatic heterocycles. The molecule has 0 aromatic rings. The van der Waals surface area contributed by atoms with Crippen LogP contribution < -0.4 is 0 Å². The molecule has 2 heterocycles. The van der Waals surface area contributed by atoms with E-state index in [0.29, 0.717) is 13.0 Å². The van der Waals surface area contributed by atoms with Crippen molar-refractivity contribution in [1.82, 2.24) is 0 Å². The lowest BCUT2D eigenvalue weighted by molar-refractivity contribution is -0.334. The van der Waals surface area contributed by atoms with Crippen LogP contribution in [-0.2, 0) is 18.9 Å². The molecule has 2 N–H and O–H groups in total. The molecule has 2 fully saturated rings. The maximum Gasteiger partial charge on any atom is 0.168 e. The molecule has 0 amide bonds. The molecule has 2 rings (SSSR count). The van der Waals surface area contributed by atoms with E-state index in [1.54, 1.807) is 0 Å². The number of unbranched alkanes of at least 4 members (excludes halogenated alkanes) is 8. The Kier molecular flexibility index (Phi) is 12.9. The molecule has 0 spiro atoms. The Labute approximate surface area is 202 Å². The summed E-state index contributed by atoms with van der Waals surface area (Å²) >= 11 is 0. The normalized spacial score (nSPS) is 26.9. The van der Waals surface area contributed by atoms with Gasteiger partial charge in [0.2, 0.25) is 0 Å². The predicted octanol–water partition coefficient (Wildman–Crippen LogP) is 5.50. The Balaban J connectivity index is 1.66. The largest absolute Gasteiger partial charge is 0.396 e. The lowest BCUT2D eigenvalue weighted by Gasteiger charge is -2.48. The summed E-state index contributed by atoms with van der Waals surface area (Å²) in [4.78, 5) is 0. The van der Waals surface area contributed by atoms with Crippen molar-refractivity contribution in [2.45, 2.75) is 121 Å². The topological polar surface area (TPSA) is 77.4 Å². The molecule has 6 nitrogen and oxygen atoms in total. The first-order valence-electron chi connectivity index (χ1n) is 13.4. The minimum absolute atomic E-state index is 0.0192. The molecular weight excluding hydrogens is 420 g/mol. The first kappa shape index (κ1) is 28.7. The Hall–Kier alpha value is -0.500. The molecule has 2 atom stereocenters. The molecule has 0 aliphatic carbocycles. The van der Waals surface area contributed by atoms with Gasteiger partial charge in [-0.1, -0.05) is 57.6 Å². The molecule has 0 saturated carbocycles. The number of allylic oxidation sites excluding steroid dienone is 1. The van der Waals surface area contributed by atoms with Gasteiger partial charge in [-0.2, -0.15) is 0 Å². The summed E-state index contributed by atoms with van der Waals surface area (Å²) in [5, 5.41) is 19.5. The molecule has 0 aromatic heterocycles. The van der Waals surface area contributed by atoms with Crippen LogP contribution in [-0.4, -0.2) is 60.4 Å². The third-order valence-corrected chi connectivity index (χ3v) is 7.06. The van der Waals surface area contributed by atoms with Crippen molar-refractivity contribution in [3.8, 4) is 0 Å². The second kappa shape index (κ2) is 14.8. The minimum Gasteiger partial charge on any atom is -0.396 e. The predicted molar refractivity (Wildman–Crippen MR) is 131 cm³/mol. The monoisotopic (exact) mass is 470 g/mol. The highest BCUT2D eigenvalue weighted by Crippen LogP contribution is 2.38. The van der Waals surface area contributed by atoms with Gasteiger partial charge in [-0.15, -0.1) is 0 Å². The van der Waals surface area contributed by atoms with Crippen molar-refractivity contribution in [2.24, 2.45) is 5.92 Å². The third-order valence-electron chi connectivity index (χ3n) is 7.06. The average Bonchev–Trinajstić information content (AvgIpc) is 3.25. The van der Waals surface area contributed by atoms with Gasteiger partial charge in [-0.3, -0.25) is 0 Å². The van der Waals surface area contributed by atoms with Gasteiger partial charge in [-0.25, -0.2) is 0 Å². The highest BCUT2D eigenvalue weighted by atomic mass is 16.7. The average molecular weight is 471 g/mol. The van der Waals surface area contributed by atoms with Crippen molar-refractivity contribution in [1.29, 1.82) is 0 Å². The summed E-state index contributed by atoms with van der Waals surface area (Å²) in [6.07, 6.45) is 18.7. The van der Waals surface area contributed by atoms with Crippen LogP contribution in [0.5, 0.6) is 0 Å². The summed E-state index contributed by atoms with van der Waals surface area (Å²) in [6, 6.07) is 0. The van der Waals surface area contributed by atoms with Crippen LogP contribution in [0.25, 0.3) is 0 Å². The number of ether oxygens (including phenoxy) is 4. The van der Waals surface area contributed by atoms with Crippen LogP contribution in [0.4, 0.5) is 0 Å². The van der Waals surface area contributed by atoms with Crippen LogP contribution in [0.3, 0.4) is 0 Å². The molecular formula is C27H50O6. The van der Waals surface area contributed by atoms with Crippen LogP contribution in [0.1, 0.15) is 104 Å². The summed E-state index contributed by atoms with van der Waals surface area (Å²) in [5.74, 6) is -1.13. The van der Waals surface area contributed by atoms with E-state index in [1.165, 1.54) is 44.9 Å². The van der Waals surface area contributed by atoms with Gasteiger partial charge in [0.05, 0.1) is 26.4 Å². The molecule has 0 aromatic carbocycles. The fraction of sp³-hybridized carbons (Fsp3) is 0.926. The quantitative estimate of drug-likeness (QED) is 0.216. The fourth-order valence-electron chi connectivity index (χ4n) is 5.10. The van der Waals surface area contributed by atoms with Gasteiger partial charge in [-0.05, 0) is 39.5 Å². The van der Waals surface area contributed by atoms with E-state index in [9.17, 15) is 10.2 Å². The lowest BCUT2D eigenvalue weighted by Crippen LogP contribution is -2.57. The molecule has 33 heavy (non-hydrogen) atoms. The number of aliphatic hydroxyl groups excluding tert-OH is 2. The number of aliphatic hydroxyl groups is 2. The molecule has 0 radical (unpaired) electrons. The lowest BCUT2D eigenvalue weighted by atomic mass is 9.83. The van der Waals surface area contributed by atoms with Crippen LogP contribution in [0, 0.1) is 5.92 Å². The van der Waals surface area contributed by atoms with E-state index >= 15 is 0 Å². The Morgan fingerprint density at radius 2 is 1.45 bits per heavy atom. The molecule has 2 saturated heterocycles. The van der Waals surface area contributed by atoms with Crippen molar-refractivity contribution in [3.05, 3.63) is 12.2 Å². The zero-order chi connectivity index (χ0) is 24.0. The summed E-state index contributed by atoms with van der Waals surface area (Å²) < 4.78 is 23.9. The summed E-state index contributed by atoms with van der Waals surface area (Å²) in [6.45, 7) is 7.77. The maximum atomic E-state index is 10.0. The van der Waals surface area contributed by atoms with Crippen LogP contribution >= 0.6 is 0 Å². The van der Waals surface area contributed by atoms with Crippen molar-refractivity contribution >= 4 is 0 Å². The van der Waals surface area contributed by atoms with E-state index in [-0.39, 0.29) is 24.9 Å². The standard InChI is InChI=1S/C27H50O6/c1-4-5-6-10-13-16-27(30-20-21-31-27)17-14-11-8-7-9-12-15-24-22-32-25(2,3)33-26(24,23-29)18-19-28/h12,15,24,28-29H,4-11,13-14,16-23H2,1-3H3/b15-12+/t24-,26+/m1/s1. The van der Waals surface area contributed by atoms with E-state index in [0.717, 1.165) is 45.3 Å². The van der Waals surface area contributed by atoms with E-state index in [2.05, 4.69) is 19.1 Å². The first-order valence-corrected chi connectivity index (χ1v) is 13.4. The van der Waals surface area contributed by atoms with Crippen LogP contribution in [0.15, 0.2) is 12.2 Å². The zero-order valence-electron chi connectivity index (χ0n) is 21.5. The van der Waals surface area contributed by atoms with E-state index in [4.69, 9.17) is 18.9 Å². The molecule has 194 valence electrons. The van der Waals surface area contributed by atoms with Gasteiger partial charge < -0.3 is 29.2 Å². The summed E-state index contributed by atoms with van der Waals surface area (Å²) in [5.41, 5.74) is -0.779. The van der Waals surface area contributed by atoms with Crippen molar-refractivity contribution < 1.29 is 29.2 Å². The molecule has 0 bridgehead atoms. The Morgan fingerprint density at radius 3 is 2.06 bits per heavy atom. The number of hydrogen-bond donors (Lipinski definition) is 2. The van der Waals surface area contributed by atoms with Crippen molar-refractivity contribution in [3.63, 3.8) is 0 Å². The van der Waals surface area contributed by atoms with Gasteiger partial charge >= 0.3 is 0 Å². The van der Waals surface area contributed by atoms with Gasteiger partial charge in [0.15, 0.2) is 11.6 Å². The van der Waals surface area contributed by atoms with Crippen molar-refractivity contribution in [2.75, 3.05) is 33.0 Å². The van der Waals surface area contributed by atoms with E-state index < -0.39 is 11.4 Å². The second-order valence-corrected chi connectivity index (χ2v) is 10.3. The summed E-state index contributed by atoms with van der Waals surface area (Å²) in [7, 11) is 0. The maximum absolute atomic E-state index is 10.0. The minimum atomic E-state index is -0.779. The van der Waals surface area contributed by atoms with E-state index in [1.807, 2.05) is 13.8 Å². The number of rotatable bonds is 17. The Morgan fingerprint density at radius 1 is 0.818 bits per heavy atom. The highest BCUT2D eigenvalue weighted by Gasteiger charge is 2.47. The van der Waals surface area contributed by atoms with Gasteiger partial charge in [0.1, 0.15) is 5.60 Å². The third kappa shape index (κ3) is 9.58. The highest BCUT2D eigenvalue weighted by molar-refractivity contribution is 5.03. The smallest absolute Gasteiger partial charge is 0.168 e.